The first-order valence-electron chi connectivity index (χ1n) is 8.95. The maximum Gasteiger partial charge on any atom is 0.221 e. The Bertz CT molecular complexity index is 325. The van der Waals surface area contributed by atoms with Crippen LogP contribution in [-0.4, -0.2) is 11.4 Å². The molecule has 0 atom stereocenters. The lowest BCUT2D eigenvalue weighted by atomic mass is 9.91. The maximum atomic E-state index is 12.1. The largest absolute Gasteiger partial charge is 0.338 e. The molecule has 120 valence electrons. The number of carbonyl (C=O) groups is 1. The minimum atomic E-state index is -0.575. The van der Waals surface area contributed by atoms with Crippen molar-refractivity contribution in [2.45, 2.75) is 102 Å². The van der Waals surface area contributed by atoms with Crippen LogP contribution in [0.5, 0.6) is 0 Å². The Labute approximate surface area is 130 Å². The summed E-state index contributed by atoms with van der Waals surface area (Å²) in [5.74, 6) is 0.0759. The van der Waals surface area contributed by atoms with Crippen molar-refractivity contribution in [2.24, 2.45) is 0 Å². The lowest BCUT2D eigenvalue weighted by Gasteiger charge is -2.26. The van der Waals surface area contributed by atoms with Gasteiger partial charge in [0.25, 0.3) is 0 Å². The van der Waals surface area contributed by atoms with E-state index in [0.29, 0.717) is 6.42 Å². The second-order valence-corrected chi connectivity index (χ2v) is 6.53. The molecule has 3 heteroatoms. The maximum absolute atomic E-state index is 12.1. The zero-order valence-corrected chi connectivity index (χ0v) is 13.8. The molecule has 0 unspecified atom stereocenters. The number of amides is 1. The number of hydrogen-bond acceptors (Lipinski definition) is 2. The average molecular weight is 292 g/mol. The van der Waals surface area contributed by atoms with Crippen molar-refractivity contribution >= 4 is 5.91 Å². The molecule has 1 saturated carbocycles. The van der Waals surface area contributed by atoms with E-state index in [-0.39, 0.29) is 5.91 Å². The first-order chi connectivity index (χ1) is 10.2. The Balaban J connectivity index is 2.18. The lowest BCUT2D eigenvalue weighted by Crippen LogP contribution is -2.46. The number of nitrogens with zero attached hydrogens (tertiary/aromatic N) is 1. The Morgan fingerprint density at radius 3 is 2.14 bits per heavy atom. The van der Waals surface area contributed by atoms with Crippen molar-refractivity contribution in [1.29, 1.82) is 5.26 Å². The Morgan fingerprint density at radius 2 is 1.57 bits per heavy atom. The Kier molecular flexibility index (Phi) is 9.14. The third-order valence-corrected chi connectivity index (χ3v) is 4.56. The van der Waals surface area contributed by atoms with Gasteiger partial charge in [-0.15, -0.1) is 0 Å². The number of nitrogens with one attached hydrogen (secondary N) is 1. The summed E-state index contributed by atoms with van der Waals surface area (Å²) < 4.78 is 0. The van der Waals surface area contributed by atoms with Crippen molar-refractivity contribution < 1.29 is 4.79 Å². The molecule has 0 heterocycles. The van der Waals surface area contributed by atoms with E-state index < -0.39 is 5.54 Å². The van der Waals surface area contributed by atoms with Gasteiger partial charge in [-0.1, -0.05) is 71.1 Å². The highest BCUT2D eigenvalue weighted by Crippen LogP contribution is 2.26. The number of nitriles is 1. The van der Waals surface area contributed by atoms with Crippen molar-refractivity contribution in [2.75, 3.05) is 0 Å². The van der Waals surface area contributed by atoms with Gasteiger partial charge in [0.1, 0.15) is 5.54 Å². The molecule has 0 spiro atoms. The van der Waals surface area contributed by atoms with Crippen molar-refractivity contribution in [3.63, 3.8) is 0 Å². The zero-order chi connectivity index (χ0) is 15.4. The molecule has 1 aliphatic carbocycles. The predicted octanol–water partition coefficient (Wildman–Crippen LogP) is 4.86. The third-order valence-electron chi connectivity index (χ3n) is 4.56. The standard InChI is InChI=1S/C18H32N2O/c1-2-3-4-5-6-7-10-13-17(21)20-18(16-19)14-11-8-9-12-15-18/h2-15H2,1H3,(H,20,21). The molecule has 1 N–H and O–H groups in total. The highest BCUT2D eigenvalue weighted by atomic mass is 16.1. The number of rotatable bonds is 9. The fourth-order valence-corrected chi connectivity index (χ4v) is 3.17. The quantitative estimate of drug-likeness (QED) is 0.487. The first kappa shape index (κ1) is 18.0. The molecule has 0 radical (unpaired) electrons. The molecule has 0 aromatic carbocycles. The summed E-state index contributed by atoms with van der Waals surface area (Å²) in [5.41, 5.74) is -0.575. The third kappa shape index (κ3) is 7.50. The van der Waals surface area contributed by atoms with Gasteiger partial charge < -0.3 is 5.32 Å². The predicted molar refractivity (Wildman–Crippen MR) is 86.8 cm³/mol. The zero-order valence-electron chi connectivity index (χ0n) is 13.8. The minimum Gasteiger partial charge on any atom is -0.338 e. The van der Waals surface area contributed by atoms with Crippen LogP contribution in [0.25, 0.3) is 0 Å². The van der Waals surface area contributed by atoms with Gasteiger partial charge in [0.2, 0.25) is 5.91 Å². The molecule has 0 aromatic rings. The Morgan fingerprint density at radius 1 is 1.00 bits per heavy atom. The lowest BCUT2D eigenvalue weighted by molar-refractivity contribution is -0.122. The van der Waals surface area contributed by atoms with Gasteiger partial charge in [-0.05, 0) is 19.3 Å². The number of unbranched alkanes of at least 4 members (excludes halogenated alkanes) is 6. The molecular weight excluding hydrogens is 260 g/mol. The molecule has 0 aromatic heterocycles. The summed E-state index contributed by atoms with van der Waals surface area (Å²) in [6.45, 7) is 2.23. The average Bonchev–Trinajstić information content (AvgIpc) is 2.72. The van der Waals surface area contributed by atoms with Gasteiger partial charge in [0, 0.05) is 6.42 Å². The summed E-state index contributed by atoms with van der Waals surface area (Å²) in [5, 5.41) is 12.5. The van der Waals surface area contributed by atoms with E-state index in [1.807, 2.05) is 0 Å². The van der Waals surface area contributed by atoms with Gasteiger partial charge in [-0.2, -0.15) is 5.26 Å². The van der Waals surface area contributed by atoms with Crippen LogP contribution in [0.2, 0.25) is 0 Å². The molecule has 1 fully saturated rings. The van der Waals surface area contributed by atoms with Crippen LogP contribution in [0.4, 0.5) is 0 Å². The van der Waals surface area contributed by atoms with Crippen molar-refractivity contribution in [3.8, 4) is 6.07 Å². The smallest absolute Gasteiger partial charge is 0.221 e. The summed E-state index contributed by atoms with van der Waals surface area (Å²) >= 11 is 0. The summed E-state index contributed by atoms with van der Waals surface area (Å²) in [7, 11) is 0. The van der Waals surface area contributed by atoms with Crippen LogP contribution < -0.4 is 5.32 Å². The normalized spacial score (nSPS) is 17.7. The fraction of sp³-hybridized carbons (Fsp3) is 0.889. The van der Waals surface area contributed by atoms with E-state index in [2.05, 4.69) is 18.3 Å². The van der Waals surface area contributed by atoms with E-state index in [1.165, 1.54) is 44.9 Å². The molecule has 1 rings (SSSR count). The van der Waals surface area contributed by atoms with Crippen molar-refractivity contribution in [3.05, 3.63) is 0 Å². The SMILES string of the molecule is CCCCCCCCCC(=O)NC1(C#N)CCCCCC1. The molecule has 1 aliphatic rings. The molecule has 0 bridgehead atoms. The fourth-order valence-electron chi connectivity index (χ4n) is 3.17. The molecule has 0 aliphatic heterocycles. The van der Waals surface area contributed by atoms with E-state index in [1.54, 1.807) is 0 Å². The van der Waals surface area contributed by atoms with Crippen LogP contribution in [0, 0.1) is 11.3 Å². The first-order valence-corrected chi connectivity index (χ1v) is 8.95. The summed E-state index contributed by atoms with van der Waals surface area (Å²) in [6.07, 6.45) is 15.3. The van der Waals surface area contributed by atoms with Crippen LogP contribution in [0.3, 0.4) is 0 Å². The van der Waals surface area contributed by atoms with Gasteiger partial charge in [0.05, 0.1) is 6.07 Å². The van der Waals surface area contributed by atoms with Gasteiger partial charge >= 0.3 is 0 Å². The van der Waals surface area contributed by atoms with E-state index in [9.17, 15) is 10.1 Å². The minimum absolute atomic E-state index is 0.0759. The summed E-state index contributed by atoms with van der Waals surface area (Å²) in [4.78, 5) is 12.1. The highest BCUT2D eigenvalue weighted by Gasteiger charge is 2.32. The van der Waals surface area contributed by atoms with E-state index >= 15 is 0 Å². The number of carbonyl (C=O) groups excluding carboxylic acids is 1. The van der Waals surface area contributed by atoms with Gasteiger partial charge in [-0.25, -0.2) is 0 Å². The number of hydrogen-bond donors (Lipinski definition) is 1. The van der Waals surface area contributed by atoms with Gasteiger partial charge in [-0.3, -0.25) is 4.79 Å². The van der Waals surface area contributed by atoms with E-state index in [0.717, 1.165) is 38.5 Å². The Hall–Kier alpha value is -1.04. The van der Waals surface area contributed by atoms with Gasteiger partial charge in [0.15, 0.2) is 0 Å². The van der Waals surface area contributed by atoms with Crippen LogP contribution in [-0.2, 0) is 4.79 Å². The second kappa shape index (κ2) is 10.7. The van der Waals surface area contributed by atoms with Crippen LogP contribution in [0.1, 0.15) is 96.8 Å². The van der Waals surface area contributed by atoms with Crippen LogP contribution >= 0.6 is 0 Å². The summed E-state index contributed by atoms with van der Waals surface area (Å²) in [6, 6.07) is 2.38. The monoisotopic (exact) mass is 292 g/mol. The molecular formula is C18H32N2O. The van der Waals surface area contributed by atoms with E-state index in [4.69, 9.17) is 0 Å². The topological polar surface area (TPSA) is 52.9 Å². The van der Waals surface area contributed by atoms with Crippen molar-refractivity contribution in [1.82, 2.24) is 5.32 Å². The highest BCUT2D eigenvalue weighted by molar-refractivity contribution is 5.77. The van der Waals surface area contributed by atoms with Crippen LogP contribution in [0.15, 0.2) is 0 Å². The molecule has 1 amide bonds. The molecule has 21 heavy (non-hydrogen) atoms. The molecule has 0 saturated heterocycles. The second-order valence-electron chi connectivity index (χ2n) is 6.53. The molecule has 3 nitrogen and oxygen atoms in total.